The van der Waals surface area contributed by atoms with Crippen molar-refractivity contribution in [2.75, 3.05) is 0 Å². The summed E-state index contributed by atoms with van der Waals surface area (Å²) in [5, 5.41) is 8.69. The number of aryl methyl sites for hydroxylation is 2. The van der Waals surface area contributed by atoms with Crippen molar-refractivity contribution < 1.29 is 0 Å². The molecular formula is C18H21IN2. The maximum atomic E-state index is 4.35. The Morgan fingerprint density at radius 1 is 0.810 bits per heavy atom. The molecule has 3 heteroatoms. The van der Waals surface area contributed by atoms with E-state index in [0.29, 0.717) is 0 Å². The van der Waals surface area contributed by atoms with Crippen molar-refractivity contribution in [3.05, 3.63) is 56.7 Å². The average Bonchev–Trinajstić information content (AvgIpc) is 2.42. The fourth-order valence-electron chi connectivity index (χ4n) is 2.12. The molecule has 0 aromatic heterocycles. The van der Waals surface area contributed by atoms with Gasteiger partial charge >= 0.3 is 0 Å². The molecule has 0 aliphatic heterocycles. The standard InChI is InChI=1S/C18H21IN2/c1-12-10-16(11-13(2)17(12)19)21-20-15-8-6-14(7-9-15)18(3,4)5/h6-11H,1-5H3. The molecule has 2 aromatic carbocycles. The molecule has 0 aliphatic carbocycles. The number of hydrogen-bond acceptors (Lipinski definition) is 2. The highest BCUT2D eigenvalue weighted by molar-refractivity contribution is 14.1. The number of benzene rings is 2. The second-order valence-corrected chi connectivity index (χ2v) is 7.47. The Labute approximate surface area is 140 Å². The van der Waals surface area contributed by atoms with Gasteiger partial charge in [-0.3, -0.25) is 0 Å². The van der Waals surface area contributed by atoms with Gasteiger partial charge in [0.25, 0.3) is 0 Å². The fraction of sp³-hybridized carbons (Fsp3) is 0.333. The van der Waals surface area contributed by atoms with Gasteiger partial charge in [0.2, 0.25) is 0 Å². The zero-order valence-corrected chi connectivity index (χ0v) is 15.4. The predicted molar refractivity (Wildman–Crippen MR) is 98.0 cm³/mol. The smallest absolute Gasteiger partial charge is 0.0863 e. The van der Waals surface area contributed by atoms with E-state index in [4.69, 9.17) is 0 Å². The van der Waals surface area contributed by atoms with E-state index in [1.165, 1.54) is 20.3 Å². The molecule has 0 radical (unpaired) electrons. The van der Waals surface area contributed by atoms with Gasteiger partial charge in [-0.15, -0.1) is 0 Å². The molecule has 0 fully saturated rings. The SMILES string of the molecule is Cc1cc(N=Nc2ccc(C(C)(C)C)cc2)cc(C)c1I. The topological polar surface area (TPSA) is 24.7 Å². The van der Waals surface area contributed by atoms with Gasteiger partial charge < -0.3 is 0 Å². The molecule has 2 aromatic rings. The zero-order valence-electron chi connectivity index (χ0n) is 13.2. The number of azo groups is 1. The second-order valence-electron chi connectivity index (χ2n) is 6.39. The van der Waals surface area contributed by atoms with E-state index in [2.05, 4.69) is 91.7 Å². The Morgan fingerprint density at radius 2 is 1.29 bits per heavy atom. The van der Waals surface area contributed by atoms with Crippen LogP contribution in [0.2, 0.25) is 0 Å². The van der Waals surface area contributed by atoms with E-state index in [-0.39, 0.29) is 5.41 Å². The van der Waals surface area contributed by atoms with E-state index in [1.54, 1.807) is 0 Å². The molecule has 0 bridgehead atoms. The largest absolute Gasteiger partial charge is 0.151 e. The van der Waals surface area contributed by atoms with Gasteiger partial charge in [0.1, 0.15) is 0 Å². The molecule has 0 heterocycles. The van der Waals surface area contributed by atoms with Gasteiger partial charge in [-0.25, -0.2) is 0 Å². The van der Waals surface area contributed by atoms with Crippen molar-refractivity contribution >= 4 is 34.0 Å². The van der Waals surface area contributed by atoms with Crippen LogP contribution in [0.3, 0.4) is 0 Å². The maximum absolute atomic E-state index is 4.35. The monoisotopic (exact) mass is 392 g/mol. The van der Waals surface area contributed by atoms with Gasteiger partial charge in [0.05, 0.1) is 11.4 Å². The molecule has 2 rings (SSSR count). The summed E-state index contributed by atoms with van der Waals surface area (Å²) in [7, 11) is 0. The highest BCUT2D eigenvalue weighted by Crippen LogP contribution is 2.27. The quantitative estimate of drug-likeness (QED) is 0.405. The number of rotatable bonds is 2. The van der Waals surface area contributed by atoms with Crippen LogP contribution in [0.15, 0.2) is 46.6 Å². The van der Waals surface area contributed by atoms with E-state index < -0.39 is 0 Å². The summed E-state index contributed by atoms with van der Waals surface area (Å²) in [6.45, 7) is 10.8. The van der Waals surface area contributed by atoms with E-state index in [0.717, 1.165) is 11.4 Å². The first-order chi connectivity index (χ1) is 9.77. The van der Waals surface area contributed by atoms with Crippen LogP contribution >= 0.6 is 22.6 Å². The molecule has 0 spiro atoms. The van der Waals surface area contributed by atoms with Crippen LogP contribution in [0.4, 0.5) is 11.4 Å². The average molecular weight is 392 g/mol. The summed E-state index contributed by atoms with van der Waals surface area (Å²) in [5.74, 6) is 0. The van der Waals surface area contributed by atoms with Gasteiger partial charge in [-0.2, -0.15) is 10.2 Å². The molecule has 0 saturated carbocycles. The molecule has 21 heavy (non-hydrogen) atoms. The Kier molecular flexibility index (Phi) is 4.81. The van der Waals surface area contributed by atoms with Crippen molar-refractivity contribution in [3.8, 4) is 0 Å². The lowest BCUT2D eigenvalue weighted by Crippen LogP contribution is -2.10. The minimum atomic E-state index is 0.167. The third-order valence-electron chi connectivity index (χ3n) is 3.44. The van der Waals surface area contributed by atoms with Crippen LogP contribution in [0.25, 0.3) is 0 Å². The van der Waals surface area contributed by atoms with Crippen LogP contribution in [0.5, 0.6) is 0 Å². The number of halogens is 1. The summed E-state index contributed by atoms with van der Waals surface area (Å²) in [4.78, 5) is 0. The predicted octanol–water partition coefficient (Wildman–Crippen LogP) is 6.62. The molecule has 110 valence electrons. The Hall–Kier alpha value is -1.23. The van der Waals surface area contributed by atoms with Crippen LogP contribution in [0.1, 0.15) is 37.5 Å². The summed E-state index contributed by atoms with van der Waals surface area (Å²) in [6.07, 6.45) is 0. The van der Waals surface area contributed by atoms with Gasteiger partial charge in [0, 0.05) is 3.57 Å². The van der Waals surface area contributed by atoms with Crippen molar-refractivity contribution in [1.82, 2.24) is 0 Å². The Bertz CT molecular complexity index is 642. The van der Waals surface area contributed by atoms with E-state index >= 15 is 0 Å². The Balaban J connectivity index is 2.22. The highest BCUT2D eigenvalue weighted by atomic mass is 127. The van der Waals surface area contributed by atoms with Gasteiger partial charge in [-0.05, 0) is 82.8 Å². The van der Waals surface area contributed by atoms with Crippen molar-refractivity contribution in [1.29, 1.82) is 0 Å². The molecule has 0 saturated heterocycles. The van der Waals surface area contributed by atoms with Crippen LogP contribution in [0, 0.1) is 17.4 Å². The molecular weight excluding hydrogens is 371 g/mol. The number of hydrogen-bond donors (Lipinski definition) is 0. The third kappa shape index (κ3) is 4.13. The van der Waals surface area contributed by atoms with Crippen molar-refractivity contribution in [2.24, 2.45) is 10.2 Å². The van der Waals surface area contributed by atoms with E-state index in [9.17, 15) is 0 Å². The first-order valence-corrected chi connectivity index (χ1v) is 8.14. The lowest BCUT2D eigenvalue weighted by molar-refractivity contribution is 0.590. The third-order valence-corrected chi connectivity index (χ3v) is 5.14. The zero-order chi connectivity index (χ0) is 15.6. The summed E-state index contributed by atoms with van der Waals surface area (Å²) in [6, 6.07) is 12.4. The maximum Gasteiger partial charge on any atom is 0.0863 e. The van der Waals surface area contributed by atoms with E-state index in [1.807, 2.05) is 12.1 Å². The number of nitrogens with zero attached hydrogens (tertiary/aromatic N) is 2. The second kappa shape index (κ2) is 6.26. The van der Waals surface area contributed by atoms with Crippen molar-refractivity contribution in [3.63, 3.8) is 0 Å². The highest BCUT2D eigenvalue weighted by Gasteiger charge is 2.12. The molecule has 0 amide bonds. The summed E-state index contributed by atoms with van der Waals surface area (Å²) in [5.41, 5.74) is 5.75. The minimum Gasteiger partial charge on any atom is -0.151 e. The van der Waals surface area contributed by atoms with Gasteiger partial charge in [0.15, 0.2) is 0 Å². The lowest BCUT2D eigenvalue weighted by atomic mass is 9.87. The van der Waals surface area contributed by atoms with Gasteiger partial charge in [-0.1, -0.05) is 32.9 Å². The fourth-order valence-corrected chi connectivity index (χ4v) is 2.44. The Morgan fingerprint density at radius 3 is 1.76 bits per heavy atom. The van der Waals surface area contributed by atoms with Crippen LogP contribution in [-0.4, -0.2) is 0 Å². The first-order valence-electron chi connectivity index (χ1n) is 7.06. The first kappa shape index (κ1) is 16.1. The van der Waals surface area contributed by atoms with Crippen molar-refractivity contribution in [2.45, 2.75) is 40.0 Å². The minimum absolute atomic E-state index is 0.167. The van der Waals surface area contributed by atoms with Crippen LogP contribution in [-0.2, 0) is 5.41 Å². The molecule has 0 aliphatic rings. The van der Waals surface area contributed by atoms with Crippen LogP contribution < -0.4 is 0 Å². The normalized spacial score (nSPS) is 12.1. The summed E-state index contributed by atoms with van der Waals surface area (Å²) >= 11 is 2.36. The lowest BCUT2D eigenvalue weighted by Gasteiger charge is -2.18. The molecule has 0 N–H and O–H groups in total. The molecule has 0 unspecified atom stereocenters. The molecule has 2 nitrogen and oxygen atoms in total. The molecule has 0 atom stereocenters. The summed E-state index contributed by atoms with van der Waals surface area (Å²) < 4.78 is 1.29.